The molecule has 328 valence electrons. The third-order valence-corrected chi connectivity index (χ3v) is 18.0. The summed E-state index contributed by atoms with van der Waals surface area (Å²) in [5.74, 6) is 0.437. The third kappa shape index (κ3) is 6.55. The Bertz CT molecular complexity index is 3610. The molecule has 10 aromatic rings. The number of nitrogens with zero attached hydrogens (tertiary/aromatic N) is 2. The Morgan fingerprint density at radius 3 is 1.76 bits per heavy atom. The van der Waals surface area contributed by atoms with Crippen molar-refractivity contribution in [3.63, 3.8) is 0 Å². The fraction of sp³-hybridized carbons (Fsp3) is 0.109. The zero-order valence-electron chi connectivity index (χ0n) is 38.6. The van der Waals surface area contributed by atoms with Crippen molar-refractivity contribution in [1.82, 2.24) is 9.38 Å². The van der Waals surface area contributed by atoms with Crippen molar-refractivity contribution in [2.45, 2.75) is 38.3 Å². The van der Waals surface area contributed by atoms with E-state index in [1.54, 1.807) is 0 Å². The topological polar surface area (TPSA) is 34.4 Å². The van der Waals surface area contributed by atoms with Crippen LogP contribution in [0.5, 0.6) is 0 Å². The SMILES string of the molecule is Cc1nc2c3cc(-c4ccc(-c5ccc6c(c5)C(c5ccccc5)(c5ccccc5)C5=C6C=CC(P(=O)(c6ccccc6)c6ccccc6)C5)cc4)ccc3c3ccccc3n2c1/C=C\C(C)C. The maximum atomic E-state index is 16.0. The molecule has 4 heteroatoms. The van der Waals surface area contributed by atoms with Crippen LogP contribution in [0.1, 0.15) is 53.9 Å². The summed E-state index contributed by atoms with van der Waals surface area (Å²) in [7, 11) is -3.14. The Balaban J connectivity index is 0.974. The van der Waals surface area contributed by atoms with Crippen LogP contribution in [0.25, 0.3) is 61.2 Å². The van der Waals surface area contributed by atoms with Crippen LogP contribution in [0.3, 0.4) is 0 Å². The first kappa shape index (κ1) is 41.8. The smallest absolute Gasteiger partial charge is 0.150 e. The van der Waals surface area contributed by atoms with E-state index in [0.717, 1.165) is 55.3 Å². The molecule has 0 radical (unpaired) electrons. The molecule has 68 heavy (non-hydrogen) atoms. The quantitative estimate of drug-likeness (QED) is 0.107. The lowest BCUT2D eigenvalue weighted by atomic mass is 9.65. The molecule has 2 aliphatic carbocycles. The Morgan fingerprint density at radius 1 is 0.603 bits per heavy atom. The molecular formula is C64H51N2OP. The number of aryl methyl sites for hydroxylation is 1. The molecule has 0 fully saturated rings. The highest BCUT2D eigenvalue weighted by Crippen LogP contribution is 2.62. The van der Waals surface area contributed by atoms with Crippen molar-refractivity contribution in [1.29, 1.82) is 0 Å². The number of benzene rings is 8. The zero-order chi connectivity index (χ0) is 46.0. The summed E-state index contributed by atoms with van der Waals surface area (Å²) in [5.41, 5.74) is 15.5. The average molecular weight is 895 g/mol. The van der Waals surface area contributed by atoms with Crippen molar-refractivity contribution < 1.29 is 4.57 Å². The Morgan fingerprint density at radius 2 is 1.15 bits per heavy atom. The molecule has 0 spiro atoms. The van der Waals surface area contributed by atoms with E-state index in [0.29, 0.717) is 12.3 Å². The van der Waals surface area contributed by atoms with E-state index in [9.17, 15) is 0 Å². The van der Waals surface area contributed by atoms with Crippen molar-refractivity contribution in [2.75, 3.05) is 0 Å². The number of imidazole rings is 1. The first-order chi connectivity index (χ1) is 33.3. The summed E-state index contributed by atoms with van der Waals surface area (Å²) in [4.78, 5) is 5.20. The molecule has 1 unspecified atom stereocenters. The van der Waals surface area contributed by atoms with Gasteiger partial charge >= 0.3 is 0 Å². The summed E-state index contributed by atoms with van der Waals surface area (Å²) in [6, 6.07) is 73.9. The summed E-state index contributed by atoms with van der Waals surface area (Å²) in [5, 5.41) is 5.35. The van der Waals surface area contributed by atoms with E-state index in [2.05, 4.69) is 219 Å². The Kier molecular flexibility index (Phi) is 10.2. The number of allylic oxidation sites excluding steroid dienone is 5. The lowest BCUT2D eigenvalue weighted by molar-refractivity contribution is 0.579. The average Bonchev–Trinajstić information content (AvgIpc) is 3.90. The molecule has 0 aliphatic heterocycles. The van der Waals surface area contributed by atoms with Gasteiger partial charge in [-0.1, -0.05) is 220 Å². The second-order valence-electron chi connectivity index (χ2n) is 18.8. The van der Waals surface area contributed by atoms with Crippen molar-refractivity contribution in [3.8, 4) is 22.3 Å². The molecule has 2 aromatic heterocycles. The van der Waals surface area contributed by atoms with Gasteiger partial charge in [-0.25, -0.2) is 4.98 Å². The van der Waals surface area contributed by atoms with Crippen LogP contribution in [0, 0.1) is 12.8 Å². The van der Waals surface area contributed by atoms with Crippen molar-refractivity contribution in [2.24, 2.45) is 5.92 Å². The monoisotopic (exact) mass is 894 g/mol. The van der Waals surface area contributed by atoms with Crippen molar-refractivity contribution in [3.05, 3.63) is 264 Å². The normalized spacial score (nSPS) is 15.5. The minimum Gasteiger partial charge on any atom is -0.313 e. The van der Waals surface area contributed by atoms with Gasteiger partial charge in [0.05, 0.1) is 22.3 Å². The van der Waals surface area contributed by atoms with Crippen LogP contribution >= 0.6 is 7.14 Å². The minimum absolute atomic E-state index is 0.231. The molecule has 3 nitrogen and oxygen atoms in total. The Hall–Kier alpha value is -7.58. The van der Waals surface area contributed by atoms with Gasteiger partial charge < -0.3 is 4.57 Å². The summed E-state index contributed by atoms with van der Waals surface area (Å²) in [6.07, 6.45) is 9.68. The molecule has 1 atom stereocenters. The number of hydrogen-bond acceptors (Lipinski definition) is 2. The van der Waals surface area contributed by atoms with E-state index in [-0.39, 0.29) is 5.66 Å². The molecule has 0 bridgehead atoms. The van der Waals surface area contributed by atoms with Gasteiger partial charge in [-0.3, -0.25) is 4.40 Å². The lowest BCUT2D eigenvalue weighted by Gasteiger charge is -2.39. The van der Waals surface area contributed by atoms with E-state index in [1.165, 1.54) is 49.7 Å². The van der Waals surface area contributed by atoms with Gasteiger partial charge in [0, 0.05) is 27.0 Å². The highest BCUT2D eigenvalue weighted by molar-refractivity contribution is 7.79. The van der Waals surface area contributed by atoms with E-state index in [1.807, 2.05) is 36.4 Å². The fourth-order valence-electron chi connectivity index (χ4n) is 11.4. The number of aromatic nitrogens is 2. The largest absolute Gasteiger partial charge is 0.313 e. The van der Waals surface area contributed by atoms with Gasteiger partial charge in [0.2, 0.25) is 0 Å². The van der Waals surface area contributed by atoms with Crippen LogP contribution in [0.2, 0.25) is 0 Å². The highest BCUT2D eigenvalue weighted by Gasteiger charge is 2.50. The first-order valence-electron chi connectivity index (χ1n) is 23.9. The maximum absolute atomic E-state index is 16.0. The highest BCUT2D eigenvalue weighted by atomic mass is 31.2. The van der Waals surface area contributed by atoms with E-state index < -0.39 is 12.6 Å². The van der Waals surface area contributed by atoms with Gasteiger partial charge in [0.25, 0.3) is 0 Å². The summed E-state index contributed by atoms with van der Waals surface area (Å²) < 4.78 is 18.4. The van der Waals surface area contributed by atoms with Gasteiger partial charge in [0.1, 0.15) is 12.8 Å². The molecular weight excluding hydrogens is 844 g/mol. The van der Waals surface area contributed by atoms with Gasteiger partial charge in [-0.2, -0.15) is 0 Å². The molecule has 2 aliphatic rings. The van der Waals surface area contributed by atoms with Crippen LogP contribution in [0.15, 0.2) is 230 Å². The first-order valence-corrected chi connectivity index (χ1v) is 25.6. The molecule has 0 saturated heterocycles. The molecule has 2 heterocycles. The second kappa shape index (κ2) is 16.6. The number of pyridine rings is 1. The van der Waals surface area contributed by atoms with Gasteiger partial charge in [-0.15, -0.1) is 0 Å². The third-order valence-electron chi connectivity index (χ3n) is 14.5. The predicted octanol–water partition coefficient (Wildman–Crippen LogP) is 15.4. The van der Waals surface area contributed by atoms with Gasteiger partial charge in [0.15, 0.2) is 0 Å². The number of fused-ring (bicyclic) bond motifs is 8. The Labute approximate surface area is 398 Å². The van der Waals surface area contributed by atoms with Crippen LogP contribution in [-0.4, -0.2) is 15.0 Å². The summed E-state index contributed by atoms with van der Waals surface area (Å²) in [6.45, 7) is 6.54. The zero-order valence-corrected chi connectivity index (χ0v) is 39.4. The standard InChI is InChI=1S/C64H51N2OP/c1-43(2)28-39-61-44(3)65-63-58-40-47(33-36-54(58)57-26-16-17-27-62(57)66(61)63)45-29-31-46(32-30-45)48-34-37-55-56-38-35-53(68(67,51-22-12-6-13-23-51)52-24-14-7-15-25-52)42-60(56)64(59(55)41-48,49-18-8-4-9-19-49)50-20-10-5-11-21-50/h4-41,43,53H,42H2,1-3H3/b39-28-. The molecule has 12 rings (SSSR count). The van der Waals surface area contributed by atoms with Crippen LogP contribution < -0.4 is 10.6 Å². The molecule has 8 aromatic carbocycles. The lowest BCUT2D eigenvalue weighted by Crippen LogP contribution is -2.33. The van der Waals surface area contributed by atoms with Crippen LogP contribution in [0.4, 0.5) is 0 Å². The second-order valence-corrected chi connectivity index (χ2v) is 21.8. The molecule has 0 saturated carbocycles. The van der Waals surface area contributed by atoms with Crippen LogP contribution in [-0.2, 0) is 9.98 Å². The van der Waals surface area contributed by atoms with E-state index >= 15 is 4.57 Å². The molecule has 0 amide bonds. The van der Waals surface area contributed by atoms with E-state index in [4.69, 9.17) is 4.98 Å². The van der Waals surface area contributed by atoms with Gasteiger partial charge in [-0.05, 0) is 105 Å². The summed E-state index contributed by atoms with van der Waals surface area (Å²) >= 11 is 0. The number of rotatable bonds is 9. The molecule has 0 N–H and O–H groups in total. The van der Waals surface area contributed by atoms with Crippen molar-refractivity contribution >= 4 is 56.7 Å². The fourth-order valence-corrected chi connectivity index (χ4v) is 14.4. The maximum Gasteiger partial charge on any atom is 0.150 e. The number of para-hydroxylation sites is 1. The predicted molar refractivity (Wildman–Crippen MR) is 287 cm³/mol. The minimum atomic E-state index is -3.14. The number of hydrogen-bond donors (Lipinski definition) is 0.